The van der Waals surface area contributed by atoms with Crippen LogP contribution in [0.5, 0.6) is 0 Å². The van der Waals surface area contributed by atoms with E-state index >= 15 is 0 Å². The number of rotatable bonds is 4. The molecule has 0 spiro atoms. The summed E-state index contributed by atoms with van der Waals surface area (Å²) in [5, 5.41) is 9.41. The number of halogens is 1. The van der Waals surface area contributed by atoms with Crippen LogP contribution in [0.3, 0.4) is 0 Å². The fourth-order valence-electron chi connectivity index (χ4n) is 2.51. The van der Waals surface area contributed by atoms with E-state index in [1.54, 1.807) is 24.1 Å². The smallest absolute Gasteiger partial charge is 0.262 e. The zero-order valence-corrected chi connectivity index (χ0v) is 16.0. The average molecular weight is 429 g/mol. The zero-order chi connectivity index (χ0) is 18.1. The highest BCUT2D eigenvalue weighted by Gasteiger charge is 2.18. The van der Waals surface area contributed by atoms with E-state index in [0.717, 1.165) is 15.9 Å². The summed E-state index contributed by atoms with van der Waals surface area (Å²) in [6, 6.07) is 7.56. The average Bonchev–Trinajstić information content (AvgIpc) is 3.36. The van der Waals surface area contributed by atoms with Crippen molar-refractivity contribution < 1.29 is 4.79 Å². The number of carbonyl (C=O) groups is 1. The van der Waals surface area contributed by atoms with E-state index in [4.69, 9.17) is 0 Å². The van der Waals surface area contributed by atoms with E-state index in [2.05, 4.69) is 36.3 Å². The van der Waals surface area contributed by atoms with Gasteiger partial charge in [0.2, 0.25) is 0 Å². The van der Waals surface area contributed by atoms with Crippen molar-refractivity contribution >= 4 is 38.3 Å². The van der Waals surface area contributed by atoms with Crippen molar-refractivity contribution in [3.63, 3.8) is 0 Å². The summed E-state index contributed by atoms with van der Waals surface area (Å²) in [6.45, 7) is 0. The maximum atomic E-state index is 12.7. The topological polar surface area (TPSA) is 77.6 Å². The Balaban J connectivity index is 1.57. The predicted octanol–water partition coefficient (Wildman–Crippen LogP) is 3.74. The quantitative estimate of drug-likeness (QED) is 0.536. The second-order valence-electron chi connectivity index (χ2n) is 5.45. The van der Waals surface area contributed by atoms with Crippen molar-refractivity contribution in [2.75, 3.05) is 5.32 Å². The number of amides is 1. The molecule has 0 saturated carbocycles. The molecule has 0 aliphatic carbocycles. The SMILES string of the molecule is Cn1ncc(C(=O)Nc2nc(-c3ccc(Br)cn3)cs2)c1-n1cccc1. The predicted molar refractivity (Wildman–Crippen MR) is 104 cm³/mol. The van der Waals surface area contributed by atoms with Gasteiger partial charge < -0.3 is 4.57 Å². The van der Waals surface area contributed by atoms with Gasteiger partial charge in [-0.3, -0.25) is 19.8 Å². The Morgan fingerprint density at radius 1 is 1.19 bits per heavy atom. The van der Waals surface area contributed by atoms with Crippen molar-refractivity contribution in [2.45, 2.75) is 0 Å². The Kier molecular flexibility index (Phi) is 4.39. The van der Waals surface area contributed by atoms with Crippen LogP contribution in [0, 0.1) is 0 Å². The van der Waals surface area contributed by atoms with E-state index in [0.29, 0.717) is 16.5 Å². The molecular formula is C17H13BrN6OS. The highest BCUT2D eigenvalue weighted by Crippen LogP contribution is 2.25. The van der Waals surface area contributed by atoms with Crippen LogP contribution in [0.4, 0.5) is 5.13 Å². The van der Waals surface area contributed by atoms with Gasteiger partial charge in [-0.15, -0.1) is 11.3 Å². The highest BCUT2D eigenvalue weighted by molar-refractivity contribution is 9.10. The van der Waals surface area contributed by atoms with Crippen LogP contribution in [0.15, 0.2) is 58.9 Å². The number of carbonyl (C=O) groups excluding carboxylic acids is 1. The second kappa shape index (κ2) is 6.85. The van der Waals surface area contributed by atoms with Crippen molar-refractivity contribution in [2.24, 2.45) is 7.05 Å². The van der Waals surface area contributed by atoms with Gasteiger partial charge in [0.15, 0.2) is 5.13 Å². The molecule has 0 saturated heterocycles. The van der Waals surface area contributed by atoms with E-state index < -0.39 is 0 Å². The molecular weight excluding hydrogens is 416 g/mol. The van der Waals surface area contributed by atoms with Gasteiger partial charge in [-0.1, -0.05) is 0 Å². The molecule has 0 aliphatic heterocycles. The zero-order valence-electron chi connectivity index (χ0n) is 13.6. The highest BCUT2D eigenvalue weighted by atomic mass is 79.9. The van der Waals surface area contributed by atoms with E-state index in [-0.39, 0.29) is 5.91 Å². The van der Waals surface area contributed by atoms with Gasteiger partial charge in [-0.2, -0.15) is 5.10 Å². The van der Waals surface area contributed by atoms with Crippen LogP contribution >= 0.6 is 27.3 Å². The standard InChI is InChI=1S/C17H13BrN6OS/c1-23-16(24-6-2-3-7-24)12(9-20-23)15(25)22-17-21-14(10-26-17)13-5-4-11(18)8-19-13/h2-10H,1H3,(H,21,22,25). The fourth-order valence-corrected chi connectivity index (χ4v) is 3.45. The molecule has 0 aromatic carbocycles. The number of aromatic nitrogens is 5. The molecule has 4 heterocycles. The van der Waals surface area contributed by atoms with Gasteiger partial charge in [0, 0.05) is 35.5 Å². The Morgan fingerprint density at radius 3 is 2.73 bits per heavy atom. The van der Waals surface area contributed by atoms with Crippen LogP contribution in [0.25, 0.3) is 17.2 Å². The number of nitrogens with zero attached hydrogens (tertiary/aromatic N) is 5. The molecule has 130 valence electrons. The first-order valence-corrected chi connectivity index (χ1v) is 9.33. The number of hydrogen-bond donors (Lipinski definition) is 1. The van der Waals surface area contributed by atoms with Gasteiger partial charge in [0.1, 0.15) is 17.1 Å². The maximum absolute atomic E-state index is 12.7. The van der Waals surface area contributed by atoms with Crippen LogP contribution in [-0.2, 0) is 7.05 Å². The van der Waals surface area contributed by atoms with Crippen LogP contribution in [0.2, 0.25) is 0 Å². The summed E-state index contributed by atoms with van der Waals surface area (Å²) < 4.78 is 4.41. The number of nitrogens with one attached hydrogen (secondary N) is 1. The lowest BCUT2D eigenvalue weighted by atomic mass is 10.3. The van der Waals surface area contributed by atoms with Gasteiger partial charge in [0.25, 0.3) is 5.91 Å². The van der Waals surface area contributed by atoms with Crippen LogP contribution in [0.1, 0.15) is 10.4 Å². The van der Waals surface area contributed by atoms with E-state index in [1.165, 1.54) is 11.3 Å². The van der Waals surface area contributed by atoms with Crippen LogP contribution < -0.4 is 5.32 Å². The molecule has 0 bridgehead atoms. The normalized spacial score (nSPS) is 10.8. The fraction of sp³-hybridized carbons (Fsp3) is 0.0588. The number of aryl methyl sites for hydroxylation is 1. The lowest BCUT2D eigenvalue weighted by Crippen LogP contribution is -2.14. The summed E-state index contributed by atoms with van der Waals surface area (Å²) in [7, 11) is 1.80. The first kappa shape index (κ1) is 16.7. The molecule has 7 nitrogen and oxygen atoms in total. The van der Waals surface area contributed by atoms with Gasteiger partial charge >= 0.3 is 0 Å². The maximum Gasteiger partial charge on any atom is 0.262 e. The number of thiazole rings is 1. The van der Waals surface area contributed by atoms with Crippen molar-refractivity contribution in [1.29, 1.82) is 0 Å². The van der Waals surface area contributed by atoms with Gasteiger partial charge in [-0.05, 0) is 40.2 Å². The first-order chi connectivity index (χ1) is 12.6. The third kappa shape index (κ3) is 3.18. The summed E-state index contributed by atoms with van der Waals surface area (Å²) >= 11 is 4.71. The van der Waals surface area contributed by atoms with Crippen LogP contribution in [-0.4, -0.2) is 30.2 Å². The minimum atomic E-state index is -0.258. The van der Waals surface area contributed by atoms with E-state index in [1.807, 2.05) is 46.6 Å². The Hall–Kier alpha value is -2.78. The second-order valence-corrected chi connectivity index (χ2v) is 7.22. The minimum Gasteiger partial charge on any atom is -0.308 e. The molecule has 4 rings (SSSR count). The lowest BCUT2D eigenvalue weighted by molar-refractivity contribution is 0.102. The lowest BCUT2D eigenvalue weighted by Gasteiger charge is -2.07. The summed E-state index contributed by atoms with van der Waals surface area (Å²) in [4.78, 5) is 21.5. The molecule has 1 amide bonds. The van der Waals surface area contributed by atoms with Crippen molar-refractivity contribution in [3.05, 3.63) is 64.5 Å². The third-order valence-corrected chi connectivity index (χ3v) is 4.94. The molecule has 0 atom stereocenters. The molecule has 26 heavy (non-hydrogen) atoms. The number of pyridine rings is 1. The summed E-state index contributed by atoms with van der Waals surface area (Å²) in [6.07, 6.45) is 7.00. The van der Waals surface area contributed by atoms with Gasteiger partial charge in [0.05, 0.1) is 11.9 Å². The summed E-state index contributed by atoms with van der Waals surface area (Å²) in [5.41, 5.74) is 1.94. The molecule has 4 aromatic heterocycles. The summed E-state index contributed by atoms with van der Waals surface area (Å²) in [5.74, 6) is 0.435. The third-order valence-electron chi connectivity index (χ3n) is 3.72. The number of hydrogen-bond acceptors (Lipinski definition) is 5. The molecule has 0 fully saturated rings. The molecule has 0 radical (unpaired) electrons. The molecule has 0 aliphatic rings. The van der Waals surface area contributed by atoms with Gasteiger partial charge in [-0.25, -0.2) is 4.98 Å². The number of anilines is 1. The molecule has 9 heteroatoms. The Bertz CT molecular complexity index is 1050. The van der Waals surface area contributed by atoms with E-state index in [9.17, 15) is 4.79 Å². The minimum absolute atomic E-state index is 0.258. The van der Waals surface area contributed by atoms with Crippen molar-refractivity contribution in [1.82, 2.24) is 24.3 Å². The first-order valence-electron chi connectivity index (χ1n) is 7.66. The van der Waals surface area contributed by atoms with Crippen molar-refractivity contribution in [3.8, 4) is 17.2 Å². The largest absolute Gasteiger partial charge is 0.308 e. The molecule has 1 N–H and O–H groups in total. The monoisotopic (exact) mass is 428 g/mol. The molecule has 0 unspecified atom stereocenters. The molecule has 4 aromatic rings. The Labute approximate surface area is 161 Å². The Morgan fingerprint density at radius 2 is 2.00 bits per heavy atom.